The van der Waals surface area contributed by atoms with Crippen molar-refractivity contribution in [3.63, 3.8) is 0 Å². The van der Waals surface area contributed by atoms with Crippen molar-refractivity contribution in [1.82, 2.24) is 15.6 Å². The molecule has 8 heteroatoms. The maximum Gasteiger partial charge on any atom is 0.226 e. The SMILES string of the molecule is Cl.Cl.O=C(Cc1csc(-c2ccc(Cl)cc2)n1)N[C@H]1CCCNC1. The Morgan fingerprint density at radius 1 is 1.33 bits per heavy atom. The summed E-state index contributed by atoms with van der Waals surface area (Å²) in [6, 6.07) is 7.83. The third kappa shape index (κ3) is 5.90. The lowest BCUT2D eigenvalue weighted by Gasteiger charge is -2.23. The lowest BCUT2D eigenvalue weighted by atomic mass is 10.1. The van der Waals surface area contributed by atoms with Crippen LogP contribution in [0.3, 0.4) is 0 Å². The molecule has 0 spiro atoms. The molecule has 132 valence electrons. The highest BCUT2D eigenvalue weighted by Gasteiger charge is 2.16. The standard InChI is InChI=1S/C16H18ClN3OS.2ClH/c17-12-5-3-11(4-6-12)16-20-14(10-22-16)8-15(21)19-13-2-1-7-18-9-13;;/h3-6,10,13,18H,1-2,7-9H2,(H,19,21);2*1H/t13-;;/m0../s1. The molecule has 0 saturated carbocycles. The molecule has 1 aromatic carbocycles. The van der Waals surface area contributed by atoms with Gasteiger partial charge in [-0.2, -0.15) is 0 Å². The third-order valence-corrected chi connectivity index (χ3v) is 4.84. The zero-order chi connectivity index (χ0) is 15.4. The number of nitrogens with one attached hydrogen (secondary N) is 2. The van der Waals surface area contributed by atoms with Crippen LogP contribution in [0.25, 0.3) is 10.6 Å². The maximum absolute atomic E-state index is 12.1. The van der Waals surface area contributed by atoms with Crippen LogP contribution in [0.15, 0.2) is 29.6 Å². The Balaban J connectivity index is 0.00000144. The number of thiazole rings is 1. The number of benzene rings is 1. The van der Waals surface area contributed by atoms with E-state index in [4.69, 9.17) is 11.6 Å². The van der Waals surface area contributed by atoms with Gasteiger partial charge in [-0.1, -0.05) is 23.7 Å². The predicted molar refractivity (Wildman–Crippen MR) is 105 cm³/mol. The van der Waals surface area contributed by atoms with Crippen molar-refractivity contribution in [3.05, 3.63) is 40.4 Å². The number of hydrogen-bond donors (Lipinski definition) is 2. The average Bonchev–Trinajstić information content (AvgIpc) is 2.97. The van der Waals surface area contributed by atoms with Crippen LogP contribution in [0.2, 0.25) is 5.02 Å². The molecule has 2 heterocycles. The molecule has 1 saturated heterocycles. The molecule has 4 nitrogen and oxygen atoms in total. The average molecular weight is 409 g/mol. The number of carbonyl (C=O) groups is 1. The van der Waals surface area contributed by atoms with Crippen LogP contribution in [-0.4, -0.2) is 30.0 Å². The van der Waals surface area contributed by atoms with Gasteiger partial charge in [-0.05, 0) is 31.5 Å². The van der Waals surface area contributed by atoms with Crippen molar-refractivity contribution in [1.29, 1.82) is 0 Å². The molecule has 1 fully saturated rings. The van der Waals surface area contributed by atoms with Gasteiger partial charge in [-0.25, -0.2) is 4.98 Å². The van der Waals surface area contributed by atoms with Crippen LogP contribution < -0.4 is 10.6 Å². The van der Waals surface area contributed by atoms with Crippen molar-refractivity contribution >= 4 is 53.7 Å². The van der Waals surface area contributed by atoms with Crippen molar-refractivity contribution in [3.8, 4) is 10.6 Å². The molecule has 2 aromatic rings. The summed E-state index contributed by atoms with van der Waals surface area (Å²) in [4.78, 5) is 16.6. The summed E-state index contributed by atoms with van der Waals surface area (Å²) >= 11 is 7.44. The first kappa shape index (κ1) is 21.2. The van der Waals surface area contributed by atoms with E-state index < -0.39 is 0 Å². The van der Waals surface area contributed by atoms with E-state index in [0.29, 0.717) is 11.4 Å². The van der Waals surface area contributed by atoms with Crippen molar-refractivity contribution in [2.24, 2.45) is 0 Å². The molecule has 3 rings (SSSR count). The molecule has 0 bridgehead atoms. The second-order valence-corrected chi connectivity index (χ2v) is 6.73. The van der Waals surface area contributed by atoms with Gasteiger partial charge >= 0.3 is 0 Å². The second kappa shape index (κ2) is 10.2. The summed E-state index contributed by atoms with van der Waals surface area (Å²) in [5.74, 6) is 0.0432. The maximum atomic E-state index is 12.1. The second-order valence-electron chi connectivity index (χ2n) is 5.44. The molecule has 0 unspecified atom stereocenters. The van der Waals surface area contributed by atoms with Gasteiger partial charge in [0.2, 0.25) is 5.91 Å². The van der Waals surface area contributed by atoms with Gasteiger partial charge in [0.25, 0.3) is 0 Å². The summed E-state index contributed by atoms with van der Waals surface area (Å²) in [5.41, 5.74) is 1.84. The van der Waals surface area contributed by atoms with E-state index in [1.165, 1.54) is 0 Å². The molecular formula is C16H20Cl3N3OS. The summed E-state index contributed by atoms with van der Waals surface area (Å²) in [7, 11) is 0. The van der Waals surface area contributed by atoms with Crippen molar-refractivity contribution in [2.45, 2.75) is 25.3 Å². The van der Waals surface area contributed by atoms with E-state index in [9.17, 15) is 4.79 Å². The normalized spacial score (nSPS) is 16.6. The van der Waals surface area contributed by atoms with Gasteiger partial charge in [-0.3, -0.25) is 4.79 Å². The van der Waals surface area contributed by atoms with Crippen molar-refractivity contribution in [2.75, 3.05) is 13.1 Å². The van der Waals surface area contributed by atoms with Gasteiger partial charge in [0.15, 0.2) is 0 Å². The monoisotopic (exact) mass is 407 g/mol. The predicted octanol–water partition coefficient (Wildman–Crippen LogP) is 3.72. The topological polar surface area (TPSA) is 54.0 Å². The molecule has 2 N–H and O–H groups in total. The molecule has 0 aliphatic carbocycles. The third-order valence-electron chi connectivity index (χ3n) is 3.65. The minimum Gasteiger partial charge on any atom is -0.352 e. The van der Waals surface area contributed by atoms with E-state index in [2.05, 4.69) is 15.6 Å². The highest BCUT2D eigenvalue weighted by atomic mass is 35.5. The van der Waals surface area contributed by atoms with Crippen LogP contribution in [-0.2, 0) is 11.2 Å². The minimum absolute atomic E-state index is 0. The number of halogens is 3. The number of amides is 1. The number of rotatable bonds is 4. The first-order valence-corrected chi connectivity index (χ1v) is 8.67. The highest BCUT2D eigenvalue weighted by molar-refractivity contribution is 7.13. The van der Waals surface area contributed by atoms with E-state index in [0.717, 1.165) is 42.2 Å². The fraction of sp³-hybridized carbons (Fsp3) is 0.375. The first-order chi connectivity index (χ1) is 10.7. The van der Waals surface area contributed by atoms with Crippen LogP contribution in [0.5, 0.6) is 0 Å². The quantitative estimate of drug-likeness (QED) is 0.810. The summed E-state index contributed by atoms with van der Waals surface area (Å²) < 4.78 is 0. The molecule has 0 radical (unpaired) electrons. The van der Waals surface area contributed by atoms with Crippen molar-refractivity contribution < 1.29 is 4.79 Å². The van der Waals surface area contributed by atoms with Gasteiger partial charge < -0.3 is 10.6 Å². The molecule has 1 atom stereocenters. The van der Waals surface area contributed by atoms with E-state index in [1.54, 1.807) is 11.3 Å². The Bertz CT molecular complexity index is 642. The highest BCUT2D eigenvalue weighted by Crippen LogP contribution is 2.25. The van der Waals surface area contributed by atoms with Crippen LogP contribution in [0.1, 0.15) is 18.5 Å². The zero-order valence-corrected chi connectivity index (χ0v) is 16.2. The van der Waals surface area contributed by atoms with E-state index >= 15 is 0 Å². The Morgan fingerprint density at radius 3 is 2.75 bits per heavy atom. The van der Waals surface area contributed by atoms with Gasteiger partial charge in [-0.15, -0.1) is 36.2 Å². The van der Waals surface area contributed by atoms with E-state index in [1.807, 2.05) is 29.6 Å². The van der Waals surface area contributed by atoms with E-state index in [-0.39, 0.29) is 36.8 Å². The Kier molecular flexibility index (Phi) is 9.02. The number of nitrogens with zero attached hydrogens (tertiary/aromatic N) is 1. The Hall–Kier alpha value is -0.850. The summed E-state index contributed by atoms with van der Waals surface area (Å²) in [5, 5.41) is 9.94. The smallest absolute Gasteiger partial charge is 0.226 e. The van der Waals surface area contributed by atoms with Crippen LogP contribution in [0, 0.1) is 0 Å². The Labute approximate surface area is 163 Å². The lowest BCUT2D eigenvalue weighted by molar-refractivity contribution is -0.121. The first-order valence-electron chi connectivity index (χ1n) is 7.41. The van der Waals surface area contributed by atoms with Crippen LogP contribution in [0.4, 0.5) is 0 Å². The zero-order valence-electron chi connectivity index (χ0n) is 13.0. The molecule has 1 aromatic heterocycles. The molecule has 1 aliphatic rings. The molecule has 24 heavy (non-hydrogen) atoms. The molecule has 1 amide bonds. The number of hydrogen-bond acceptors (Lipinski definition) is 4. The fourth-order valence-electron chi connectivity index (χ4n) is 2.53. The van der Waals surface area contributed by atoms with Crippen LogP contribution >= 0.6 is 47.8 Å². The fourth-order valence-corrected chi connectivity index (χ4v) is 3.48. The molecular weight excluding hydrogens is 389 g/mol. The van der Waals surface area contributed by atoms with Gasteiger partial charge in [0.1, 0.15) is 5.01 Å². The largest absolute Gasteiger partial charge is 0.352 e. The Morgan fingerprint density at radius 2 is 2.08 bits per heavy atom. The number of aromatic nitrogens is 1. The minimum atomic E-state index is 0. The van der Waals surface area contributed by atoms with Gasteiger partial charge in [0.05, 0.1) is 12.1 Å². The number of carbonyl (C=O) groups excluding carboxylic acids is 1. The van der Waals surface area contributed by atoms with Gasteiger partial charge in [0, 0.05) is 28.6 Å². The molecule has 1 aliphatic heterocycles. The summed E-state index contributed by atoms with van der Waals surface area (Å²) in [6.45, 7) is 1.90. The number of piperidine rings is 1. The lowest BCUT2D eigenvalue weighted by Crippen LogP contribution is -2.46. The summed E-state index contributed by atoms with van der Waals surface area (Å²) in [6.07, 6.45) is 2.49.